The summed E-state index contributed by atoms with van der Waals surface area (Å²) in [6.45, 7) is 0.689. The van der Waals surface area contributed by atoms with E-state index in [4.69, 9.17) is 4.74 Å². The molecule has 0 saturated heterocycles. The Morgan fingerprint density at radius 3 is 2.41 bits per heavy atom. The minimum atomic E-state index is 0.316. The molecule has 0 fully saturated rings. The second-order valence-corrected chi connectivity index (χ2v) is 5.37. The fraction of sp³-hybridized carbons (Fsp3) is 0.200. The number of hydrogen-bond acceptors (Lipinski definition) is 2. The lowest BCUT2D eigenvalue weighted by Gasteiger charge is -2.17. The van der Waals surface area contributed by atoms with Gasteiger partial charge in [-0.15, -0.1) is 0 Å². The van der Waals surface area contributed by atoms with Crippen LogP contribution < -0.4 is 10.1 Å². The molecule has 3 aromatic rings. The van der Waals surface area contributed by atoms with Crippen molar-refractivity contribution in [1.82, 2.24) is 5.32 Å². The van der Waals surface area contributed by atoms with Gasteiger partial charge in [0, 0.05) is 17.8 Å². The maximum atomic E-state index is 6.03. The first-order chi connectivity index (χ1) is 10.9. The van der Waals surface area contributed by atoms with Gasteiger partial charge in [-0.1, -0.05) is 66.7 Å². The first-order valence-corrected chi connectivity index (χ1v) is 7.71. The zero-order valence-corrected chi connectivity index (χ0v) is 12.8. The molecule has 0 radical (unpaired) electrons. The summed E-state index contributed by atoms with van der Waals surface area (Å²) in [7, 11) is 2.00. The Labute approximate surface area is 131 Å². The van der Waals surface area contributed by atoms with Crippen LogP contribution in [0.25, 0.3) is 10.8 Å². The molecular formula is C20H21NO. The molecule has 0 spiro atoms. The molecule has 3 rings (SSSR count). The fourth-order valence-electron chi connectivity index (χ4n) is 2.77. The van der Waals surface area contributed by atoms with Crippen LogP contribution in [-0.4, -0.2) is 13.7 Å². The third-order valence-electron chi connectivity index (χ3n) is 3.96. The minimum Gasteiger partial charge on any atom is -0.493 e. The van der Waals surface area contributed by atoms with Crippen LogP contribution in [0.2, 0.25) is 0 Å². The molecule has 112 valence electrons. The van der Waals surface area contributed by atoms with E-state index >= 15 is 0 Å². The lowest BCUT2D eigenvalue weighted by molar-refractivity contribution is 0.293. The SMILES string of the molecule is CN[C@H](CCOc1cccc2ccccc12)c1ccccc1. The number of benzene rings is 3. The molecule has 0 aliphatic carbocycles. The molecule has 1 N–H and O–H groups in total. The number of nitrogens with one attached hydrogen (secondary N) is 1. The molecule has 0 aliphatic heterocycles. The third-order valence-corrected chi connectivity index (χ3v) is 3.96. The summed E-state index contributed by atoms with van der Waals surface area (Å²) in [6.07, 6.45) is 0.934. The maximum Gasteiger partial charge on any atom is 0.127 e. The summed E-state index contributed by atoms with van der Waals surface area (Å²) in [5.74, 6) is 0.959. The Morgan fingerprint density at radius 1 is 0.864 bits per heavy atom. The van der Waals surface area contributed by atoms with E-state index in [0.29, 0.717) is 12.6 Å². The first-order valence-electron chi connectivity index (χ1n) is 7.71. The summed E-state index contributed by atoms with van der Waals surface area (Å²) < 4.78 is 6.03. The normalized spacial score (nSPS) is 12.2. The Balaban J connectivity index is 1.67. The van der Waals surface area contributed by atoms with Crippen molar-refractivity contribution in [2.75, 3.05) is 13.7 Å². The van der Waals surface area contributed by atoms with Gasteiger partial charge in [-0.2, -0.15) is 0 Å². The van der Waals surface area contributed by atoms with Crippen molar-refractivity contribution in [3.8, 4) is 5.75 Å². The van der Waals surface area contributed by atoms with E-state index in [0.717, 1.165) is 12.2 Å². The fourth-order valence-corrected chi connectivity index (χ4v) is 2.77. The Bertz CT molecular complexity index is 719. The van der Waals surface area contributed by atoms with E-state index in [2.05, 4.69) is 59.9 Å². The molecular weight excluding hydrogens is 270 g/mol. The molecule has 0 bridgehead atoms. The van der Waals surface area contributed by atoms with E-state index in [1.807, 2.05) is 25.2 Å². The highest BCUT2D eigenvalue weighted by molar-refractivity contribution is 5.88. The van der Waals surface area contributed by atoms with Crippen LogP contribution in [0.3, 0.4) is 0 Å². The van der Waals surface area contributed by atoms with Crippen molar-refractivity contribution in [3.63, 3.8) is 0 Å². The van der Waals surface area contributed by atoms with Crippen LogP contribution in [0, 0.1) is 0 Å². The van der Waals surface area contributed by atoms with Gasteiger partial charge in [0.25, 0.3) is 0 Å². The molecule has 1 atom stereocenters. The zero-order chi connectivity index (χ0) is 15.2. The second-order valence-electron chi connectivity index (χ2n) is 5.37. The molecule has 0 saturated carbocycles. The van der Waals surface area contributed by atoms with Gasteiger partial charge in [-0.25, -0.2) is 0 Å². The largest absolute Gasteiger partial charge is 0.493 e. The van der Waals surface area contributed by atoms with Crippen molar-refractivity contribution in [2.45, 2.75) is 12.5 Å². The second kappa shape index (κ2) is 7.10. The van der Waals surface area contributed by atoms with Gasteiger partial charge in [0.2, 0.25) is 0 Å². The quantitative estimate of drug-likeness (QED) is 0.718. The first kappa shape index (κ1) is 14.6. The summed E-state index contributed by atoms with van der Waals surface area (Å²) in [6, 6.07) is 25.3. The van der Waals surface area contributed by atoms with Crippen LogP contribution in [0.5, 0.6) is 5.75 Å². The van der Waals surface area contributed by atoms with Crippen LogP contribution in [0.1, 0.15) is 18.0 Å². The summed E-state index contributed by atoms with van der Waals surface area (Å²) in [5.41, 5.74) is 1.30. The highest BCUT2D eigenvalue weighted by Gasteiger charge is 2.09. The highest BCUT2D eigenvalue weighted by Crippen LogP contribution is 2.26. The number of hydrogen-bond donors (Lipinski definition) is 1. The Morgan fingerprint density at radius 2 is 1.59 bits per heavy atom. The van der Waals surface area contributed by atoms with E-state index in [-0.39, 0.29) is 0 Å². The summed E-state index contributed by atoms with van der Waals surface area (Å²) in [5, 5.41) is 5.75. The third kappa shape index (κ3) is 3.29. The van der Waals surface area contributed by atoms with Crippen molar-refractivity contribution in [1.29, 1.82) is 0 Å². The van der Waals surface area contributed by atoms with Crippen LogP contribution in [-0.2, 0) is 0 Å². The average molecular weight is 291 g/mol. The van der Waals surface area contributed by atoms with Gasteiger partial charge < -0.3 is 10.1 Å². The molecule has 0 heterocycles. The molecule has 22 heavy (non-hydrogen) atoms. The highest BCUT2D eigenvalue weighted by atomic mass is 16.5. The minimum absolute atomic E-state index is 0.316. The topological polar surface area (TPSA) is 21.3 Å². The average Bonchev–Trinajstić information content (AvgIpc) is 2.59. The summed E-state index contributed by atoms with van der Waals surface area (Å²) >= 11 is 0. The van der Waals surface area contributed by atoms with Crippen LogP contribution in [0.4, 0.5) is 0 Å². The molecule has 2 nitrogen and oxygen atoms in total. The van der Waals surface area contributed by atoms with Gasteiger partial charge in [0.15, 0.2) is 0 Å². The van der Waals surface area contributed by atoms with Gasteiger partial charge in [-0.05, 0) is 24.1 Å². The van der Waals surface area contributed by atoms with Crippen molar-refractivity contribution < 1.29 is 4.74 Å². The van der Waals surface area contributed by atoms with E-state index < -0.39 is 0 Å². The standard InChI is InChI=1S/C20H21NO/c1-21-19(17-9-3-2-4-10-17)14-15-22-20-13-7-11-16-8-5-6-12-18(16)20/h2-13,19,21H,14-15H2,1H3/t19-/m1/s1. The molecule has 2 heteroatoms. The van der Waals surface area contributed by atoms with Crippen molar-refractivity contribution in [2.24, 2.45) is 0 Å². The predicted octanol–water partition coefficient (Wildman–Crippen LogP) is 4.57. The lowest BCUT2D eigenvalue weighted by Crippen LogP contribution is -2.19. The van der Waals surface area contributed by atoms with Crippen LogP contribution in [0.15, 0.2) is 72.8 Å². The van der Waals surface area contributed by atoms with Crippen molar-refractivity contribution >= 4 is 10.8 Å². The van der Waals surface area contributed by atoms with Crippen molar-refractivity contribution in [3.05, 3.63) is 78.4 Å². The van der Waals surface area contributed by atoms with Gasteiger partial charge in [0.1, 0.15) is 5.75 Å². The molecule has 0 aliphatic rings. The van der Waals surface area contributed by atoms with E-state index in [1.54, 1.807) is 0 Å². The lowest BCUT2D eigenvalue weighted by atomic mass is 10.0. The Hall–Kier alpha value is -2.32. The number of fused-ring (bicyclic) bond motifs is 1. The van der Waals surface area contributed by atoms with Crippen LogP contribution >= 0.6 is 0 Å². The molecule has 0 aromatic heterocycles. The van der Waals surface area contributed by atoms with E-state index in [9.17, 15) is 0 Å². The smallest absolute Gasteiger partial charge is 0.127 e. The summed E-state index contributed by atoms with van der Waals surface area (Å²) in [4.78, 5) is 0. The maximum absolute atomic E-state index is 6.03. The molecule has 0 unspecified atom stereocenters. The zero-order valence-electron chi connectivity index (χ0n) is 12.8. The predicted molar refractivity (Wildman–Crippen MR) is 92.3 cm³/mol. The van der Waals surface area contributed by atoms with Gasteiger partial charge in [0.05, 0.1) is 6.61 Å². The van der Waals surface area contributed by atoms with E-state index in [1.165, 1.54) is 16.3 Å². The van der Waals surface area contributed by atoms with Gasteiger partial charge >= 0.3 is 0 Å². The monoisotopic (exact) mass is 291 g/mol. The number of ether oxygens (including phenoxy) is 1. The molecule has 3 aromatic carbocycles. The Kier molecular flexibility index (Phi) is 4.71. The molecule has 0 amide bonds. The number of rotatable bonds is 6. The van der Waals surface area contributed by atoms with Gasteiger partial charge in [-0.3, -0.25) is 0 Å².